The third-order valence-electron chi connectivity index (χ3n) is 16.8. The fourth-order valence-electron chi connectivity index (χ4n) is 13.4. The van der Waals surface area contributed by atoms with Crippen LogP contribution in [0.2, 0.25) is 6.55 Å². The fourth-order valence-corrected chi connectivity index (χ4v) is 22.7. The molecular formula is C70H53NSi2. The summed E-state index contributed by atoms with van der Waals surface area (Å²) in [7, 11) is -5.11. The van der Waals surface area contributed by atoms with E-state index in [2.05, 4.69) is 292 Å². The van der Waals surface area contributed by atoms with Gasteiger partial charge in [-0.05, 0) is 134 Å². The normalized spacial score (nSPS) is 14.6. The van der Waals surface area contributed by atoms with Crippen molar-refractivity contribution in [3.8, 4) is 55.6 Å². The fraction of sp³-hybridized carbons (Fsp3) is 0.0571. The summed E-state index contributed by atoms with van der Waals surface area (Å²) in [6.45, 7) is 7.33. The van der Waals surface area contributed by atoms with Crippen LogP contribution in [0.25, 0.3) is 55.6 Å². The highest BCUT2D eigenvalue weighted by Crippen LogP contribution is 2.51. The molecule has 73 heavy (non-hydrogen) atoms. The van der Waals surface area contributed by atoms with Gasteiger partial charge in [-0.15, -0.1) is 0 Å². The van der Waals surface area contributed by atoms with Crippen molar-refractivity contribution in [3.63, 3.8) is 0 Å². The molecule has 0 saturated carbocycles. The molecule has 0 N–H and O–H groups in total. The molecular weight excluding hydrogens is 911 g/mol. The molecule has 0 atom stereocenters. The average Bonchev–Trinajstić information content (AvgIpc) is 4.00. The van der Waals surface area contributed by atoms with Crippen molar-refractivity contribution < 1.29 is 0 Å². The maximum Gasteiger partial charge on any atom is 0.180 e. The van der Waals surface area contributed by atoms with Crippen LogP contribution < -0.4 is 41.2 Å². The first-order valence-electron chi connectivity index (χ1n) is 25.7. The highest BCUT2D eigenvalue weighted by molar-refractivity contribution is 7.22. The Morgan fingerprint density at radius 2 is 0.781 bits per heavy atom. The predicted molar refractivity (Wildman–Crippen MR) is 315 cm³/mol. The molecule has 14 rings (SSSR count). The molecule has 2 heterocycles. The molecule has 0 radical (unpaired) electrons. The van der Waals surface area contributed by atoms with Crippen molar-refractivity contribution in [2.45, 2.75) is 25.8 Å². The van der Waals surface area contributed by atoms with Crippen LogP contribution >= 0.6 is 0 Å². The summed E-state index contributed by atoms with van der Waals surface area (Å²) in [5.41, 5.74) is 18.9. The minimum atomic E-state index is -2.70. The SMILES string of the molecule is CC1(C)c2ccccc2-c2ccc(N(c3cccc([Si]4(C)c5ccccc5-c5ccccc54)c3)c3ccc(-c4cccc([Si]5(c6ccccc6)c6ccccc6-c6ccccc65)c4)cc3-c3ccccc3)cc21. The predicted octanol–water partition coefficient (Wildman–Crippen LogP) is 13.2. The van der Waals surface area contributed by atoms with Gasteiger partial charge in [0.15, 0.2) is 8.07 Å². The standard InChI is InChI=1S/C70H53NSi2/c1-70(2)63-35-15-10-30-56(63)57-42-41-52(47-64(57)70)71(51-25-21-28-54(46-51)72(3)66-36-16-11-31-58(66)59-32-12-17-37-67(59)72)65-43-40-50(45-62(65)48-22-6-4-7-23-48)49-24-20-29-55(44-49)73(53-26-8-5-9-27-53)68-38-18-13-33-60(68)61-34-14-19-39-69(61)73/h4-47H,1-3H3. The Morgan fingerprint density at radius 3 is 1.45 bits per heavy atom. The Kier molecular flexibility index (Phi) is 9.88. The van der Waals surface area contributed by atoms with E-state index in [4.69, 9.17) is 0 Å². The van der Waals surface area contributed by atoms with Crippen LogP contribution in [0.5, 0.6) is 0 Å². The summed E-state index contributed by atoms with van der Waals surface area (Å²) in [4.78, 5) is 2.56. The number of anilines is 3. The summed E-state index contributed by atoms with van der Waals surface area (Å²) in [5, 5.41) is 10.1. The van der Waals surface area contributed by atoms with Gasteiger partial charge in [-0.25, -0.2) is 0 Å². The Balaban J connectivity index is 0.980. The maximum atomic E-state index is 2.56. The van der Waals surface area contributed by atoms with E-state index in [1.54, 1.807) is 0 Å². The Hall–Kier alpha value is -8.35. The first-order valence-corrected chi connectivity index (χ1v) is 30.2. The molecule has 0 amide bonds. The van der Waals surface area contributed by atoms with Gasteiger partial charge in [0.25, 0.3) is 0 Å². The lowest BCUT2D eigenvalue weighted by molar-refractivity contribution is 0.660. The molecule has 11 aromatic carbocycles. The van der Waals surface area contributed by atoms with E-state index in [1.807, 2.05) is 0 Å². The Morgan fingerprint density at radius 1 is 0.301 bits per heavy atom. The van der Waals surface area contributed by atoms with Gasteiger partial charge >= 0.3 is 0 Å². The van der Waals surface area contributed by atoms with E-state index >= 15 is 0 Å². The number of fused-ring (bicyclic) bond motifs is 9. The van der Waals surface area contributed by atoms with Crippen LogP contribution in [0.4, 0.5) is 17.1 Å². The number of nitrogens with zero attached hydrogens (tertiary/aromatic N) is 1. The summed E-state index contributed by atoms with van der Waals surface area (Å²) in [6.07, 6.45) is 0. The topological polar surface area (TPSA) is 3.24 Å². The molecule has 3 heteroatoms. The number of hydrogen-bond donors (Lipinski definition) is 0. The highest BCUT2D eigenvalue weighted by Gasteiger charge is 2.49. The third-order valence-corrected chi connectivity index (χ3v) is 26.2. The van der Waals surface area contributed by atoms with Crippen LogP contribution in [0.3, 0.4) is 0 Å². The van der Waals surface area contributed by atoms with Gasteiger partial charge in [0.1, 0.15) is 8.07 Å². The van der Waals surface area contributed by atoms with E-state index in [1.165, 1.54) is 103 Å². The van der Waals surface area contributed by atoms with Gasteiger partial charge in [-0.1, -0.05) is 251 Å². The molecule has 0 aromatic heterocycles. The van der Waals surface area contributed by atoms with Gasteiger partial charge in [0.05, 0.1) is 5.69 Å². The molecule has 0 saturated heterocycles. The van der Waals surface area contributed by atoms with Crippen molar-refractivity contribution in [1.29, 1.82) is 0 Å². The largest absolute Gasteiger partial charge is 0.310 e. The second-order valence-electron chi connectivity index (χ2n) is 20.9. The smallest absolute Gasteiger partial charge is 0.180 e. The van der Waals surface area contributed by atoms with Gasteiger partial charge in [0, 0.05) is 22.4 Å². The Labute approximate surface area is 431 Å². The van der Waals surface area contributed by atoms with Crippen LogP contribution in [-0.4, -0.2) is 16.1 Å². The van der Waals surface area contributed by atoms with Crippen molar-refractivity contribution in [3.05, 3.63) is 278 Å². The van der Waals surface area contributed by atoms with Crippen molar-refractivity contribution >= 4 is 69.5 Å². The minimum Gasteiger partial charge on any atom is -0.310 e. The second kappa shape index (κ2) is 16.6. The molecule has 2 aliphatic heterocycles. The van der Waals surface area contributed by atoms with Gasteiger partial charge < -0.3 is 4.90 Å². The summed E-state index contributed by atoms with van der Waals surface area (Å²) < 4.78 is 0. The summed E-state index contributed by atoms with van der Waals surface area (Å²) in [6, 6.07) is 102. The zero-order valence-corrected chi connectivity index (χ0v) is 43.4. The quantitative estimate of drug-likeness (QED) is 0.137. The van der Waals surface area contributed by atoms with Crippen molar-refractivity contribution in [2.24, 2.45) is 0 Å². The highest BCUT2D eigenvalue weighted by atomic mass is 28.3. The van der Waals surface area contributed by atoms with E-state index in [0.717, 1.165) is 17.1 Å². The number of rotatable bonds is 8. The molecule has 1 nitrogen and oxygen atoms in total. The zero-order chi connectivity index (χ0) is 48.9. The van der Waals surface area contributed by atoms with Gasteiger partial charge in [0.2, 0.25) is 0 Å². The molecule has 11 aromatic rings. The minimum absolute atomic E-state index is 0.162. The lowest BCUT2D eigenvalue weighted by Gasteiger charge is -2.32. The Bertz CT molecular complexity index is 3890. The van der Waals surface area contributed by atoms with E-state index in [9.17, 15) is 0 Å². The van der Waals surface area contributed by atoms with Crippen molar-refractivity contribution in [1.82, 2.24) is 0 Å². The van der Waals surface area contributed by atoms with Crippen LogP contribution in [0.15, 0.2) is 267 Å². The maximum absolute atomic E-state index is 2.70. The lowest BCUT2D eigenvalue weighted by atomic mass is 9.82. The third kappa shape index (κ3) is 6.39. The van der Waals surface area contributed by atoms with E-state index in [0.29, 0.717) is 0 Å². The van der Waals surface area contributed by atoms with Gasteiger partial charge in [-0.2, -0.15) is 0 Å². The average molecular weight is 964 g/mol. The molecule has 346 valence electrons. The number of hydrogen-bond acceptors (Lipinski definition) is 1. The summed E-state index contributed by atoms with van der Waals surface area (Å²) >= 11 is 0. The molecule has 1 aliphatic carbocycles. The van der Waals surface area contributed by atoms with Crippen molar-refractivity contribution in [2.75, 3.05) is 4.90 Å². The molecule has 3 aliphatic rings. The van der Waals surface area contributed by atoms with Crippen LogP contribution in [0, 0.1) is 0 Å². The molecule has 0 spiro atoms. The first kappa shape index (κ1) is 43.4. The molecule has 0 bridgehead atoms. The molecule has 0 fully saturated rings. The second-order valence-corrected chi connectivity index (χ2v) is 28.5. The molecule has 0 unspecified atom stereocenters. The number of benzene rings is 11. The van der Waals surface area contributed by atoms with E-state index < -0.39 is 16.1 Å². The van der Waals surface area contributed by atoms with Crippen LogP contribution in [0.1, 0.15) is 25.0 Å². The van der Waals surface area contributed by atoms with Gasteiger partial charge in [-0.3, -0.25) is 0 Å². The first-order chi connectivity index (χ1) is 35.8. The lowest BCUT2D eigenvalue weighted by Crippen LogP contribution is -2.72. The summed E-state index contributed by atoms with van der Waals surface area (Å²) in [5.74, 6) is 0. The van der Waals surface area contributed by atoms with Crippen LogP contribution in [-0.2, 0) is 5.41 Å². The van der Waals surface area contributed by atoms with E-state index in [-0.39, 0.29) is 5.41 Å². The monoisotopic (exact) mass is 963 g/mol. The zero-order valence-electron chi connectivity index (χ0n) is 41.4.